The number of likely N-dealkylation sites (tertiary alicyclic amines) is 1. The lowest BCUT2D eigenvalue weighted by Gasteiger charge is -2.42. The highest BCUT2D eigenvalue weighted by Gasteiger charge is 2.31. The molecule has 2 rings (SSSR count). The molecule has 1 saturated heterocycles. The molecule has 1 N–H and O–H groups in total. The molecule has 0 aliphatic carbocycles. The Labute approximate surface area is 118 Å². The molecule has 1 aliphatic rings. The Morgan fingerprint density at radius 1 is 1.11 bits per heavy atom. The molecule has 2 atom stereocenters. The lowest BCUT2D eigenvalue weighted by Crippen LogP contribution is -2.54. The second-order valence-corrected chi connectivity index (χ2v) is 6.48. The quantitative estimate of drug-likeness (QED) is 0.894. The lowest BCUT2D eigenvalue weighted by atomic mass is 9.85. The fraction of sp³-hybridized carbons (Fsp3) is 0.647. The molecule has 0 saturated carbocycles. The molecule has 1 fully saturated rings. The smallest absolute Gasteiger partial charge is 0.0233 e. The van der Waals surface area contributed by atoms with E-state index in [-0.39, 0.29) is 0 Å². The van der Waals surface area contributed by atoms with Crippen molar-refractivity contribution in [1.29, 1.82) is 0 Å². The number of hydrogen-bond acceptors (Lipinski definition) is 2. The first-order valence-electron chi connectivity index (χ1n) is 7.58. The van der Waals surface area contributed by atoms with Crippen molar-refractivity contribution in [2.24, 2.45) is 11.8 Å². The van der Waals surface area contributed by atoms with E-state index in [4.69, 9.17) is 0 Å². The average molecular weight is 260 g/mol. The van der Waals surface area contributed by atoms with Gasteiger partial charge in [0.25, 0.3) is 0 Å². The summed E-state index contributed by atoms with van der Waals surface area (Å²) in [5.74, 6) is 1.43. The van der Waals surface area contributed by atoms with Crippen LogP contribution >= 0.6 is 0 Å². The number of hydrogen-bond donors (Lipinski definition) is 1. The molecule has 1 heterocycles. The van der Waals surface area contributed by atoms with E-state index >= 15 is 0 Å². The van der Waals surface area contributed by atoms with E-state index in [1.807, 2.05) is 0 Å². The Morgan fingerprint density at radius 3 is 2.21 bits per heavy atom. The Morgan fingerprint density at radius 2 is 1.68 bits per heavy atom. The first-order valence-corrected chi connectivity index (χ1v) is 7.58. The zero-order valence-corrected chi connectivity index (χ0v) is 12.8. The molecule has 106 valence electrons. The van der Waals surface area contributed by atoms with Gasteiger partial charge in [-0.1, -0.05) is 58.0 Å². The maximum atomic E-state index is 3.74. The van der Waals surface area contributed by atoms with Crippen LogP contribution in [0.4, 0.5) is 0 Å². The third-order valence-electron chi connectivity index (χ3n) is 4.09. The summed E-state index contributed by atoms with van der Waals surface area (Å²) in [6.45, 7) is 12.7. The molecular formula is C17H28N2. The van der Waals surface area contributed by atoms with Crippen LogP contribution in [0.15, 0.2) is 30.3 Å². The van der Waals surface area contributed by atoms with Crippen LogP contribution in [0.3, 0.4) is 0 Å². The number of nitrogens with zero attached hydrogens (tertiary/aromatic N) is 1. The minimum atomic E-state index is 0.579. The third kappa shape index (κ3) is 4.05. The van der Waals surface area contributed by atoms with Gasteiger partial charge in [0, 0.05) is 31.7 Å². The van der Waals surface area contributed by atoms with Crippen LogP contribution in [0.1, 0.15) is 33.3 Å². The molecule has 0 unspecified atom stereocenters. The Bertz CT molecular complexity index is 362. The third-order valence-corrected chi connectivity index (χ3v) is 4.09. The molecule has 1 aromatic carbocycles. The number of piperidine rings is 1. The van der Waals surface area contributed by atoms with Gasteiger partial charge in [0.15, 0.2) is 0 Å². The molecule has 0 radical (unpaired) electrons. The van der Waals surface area contributed by atoms with Crippen LogP contribution in [0, 0.1) is 11.8 Å². The second-order valence-electron chi connectivity index (χ2n) is 6.48. The average Bonchev–Trinajstić information content (AvgIpc) is 2.35. The zero-order valence-electron chi connectivity index (χ0n) is 12.8. The summed E-state index contributed by atoms with van der Waals surface area (Å²) in [5.41, 5.74) is 1.43. The van der Waals surface area contributed by atoms with E-state index in [2.05, 4.69) is 68.2 Å². The van der Waals surface area contributed by atoms with Crippen molar-refractivity contribution in [1.82, 2.24) is 10.2 Å². The summed E-state index contributed by atoms with van der Waals surface area (Å²) in [5, 5.41) is 3.74. The first-order chi connectivity index (χ1) is 9.06. The molecule has 1 aliphatic heterocycles. The van der Waals surface area contributed by atoms with Gasteiger partial charge in [-0.05, 0) is 17.4 Å². The van der Waals surface area contributed by atoms with Crippen molar-refractivity contribution in [3.05, 3.63) is 35.9 Å². The maximum Gasteiger partial charge on any atom is 0.0233 e. The molecule has 0 spiro atoms. The lowest BCUT2D eigenvalue weighted by molar-refractivity contribution is 0.0907. The van der Waals surface area contributed by atoms with Crippen molar-refractivity contribution in [3.8, 4) is 0 Å². The second kappa shape index (κ2) is 6.53. The van der Waals surface area contributed by atoms with Gasteiger partial charge in [-0.25, -0.2) is 0 Å². The van der Waals surface area contributed by atoms with E-state index < -0.39 is 0 Å². The summed E-state index contributed by atoms with van der Waals surface area (Å²) in [4.78, 5) is 2.60. The summed E-state index contributed by atoms with van der Waals surface area (Å²) in [6, 6.07) is 12.1. The minimum absolute atomic E-state index is 0.579. The zero-order chi connectivity index (χ0) is 13.8. The molecule has 2 nitrogen and oxygen atoms in total. The predicted molar refractivity (Wildman–Crippen MR) is 82.1 cm³/mol. The maximum absolute atomic E-state index is 3.74. The molecule has 19 heavy (non-hydrogen) atoms. The normalized spacial score (nSPS) is 25.9. The highest BCUT2D eigenvalue weighted by atomic mass is 15.2. The van der Waals surface area contributed by atoms with Crippen molar-refractivity contribution >= 4 is 0 Å². The van der Waals surface area contributed by atoms with E-state index in [0.29, 0.717) is 12.1 Å². The molecular weight excluding hydrogens is 232 g/mol. The Kier molecular flexibility index (Phi) is 5.00. The van der Waals surface area contributed by atoms with Crippen LogP contribution in [0.5, 0.6) is 0 Å². The standard InChI is InChI=1S/C17H28N2/c1-13(2)18-17-14(3)10-19(11-15(17)4)12-16-8-6-5-7-9-16/h5-9,13-15,17-18H,10-12H2,1-4H3/t14-,15-/m1/s1. The van der Waals surface area contributed by atoms with Crippen molar-refractivity contribution in [2.75, 3.05) is 13.1 Å². The summed E-state index contributed by atoms with van der Waals surface area (Å²) < 4.78 is 0. The van der Waals surface area contributed by atoms with Crippen LogP contribution in [0.2, 0.25) is 0 Å². The van der Waals surface area contributed by atoms with Crippen molar-refractivity contribution in [2.45, 2.75) is 46.3 Å². The molecule has 0 bridgehead atoms. The van der Waals surface area contributed by atoms with Crippen LogP contribution in [-0.2, 0) is 6.54 Å². The Balaban J connectivity index is 1.93. The SMILES string of the molecule is CC(C)NC1[C@H](C)CN(Cc2ccccc2)C[C@H]1C. The number of nitrogens with one attached hydrogen (secondary N) is 1. The van der Waals surface area contributed by atoms with Crippen LogP contribution in [-0.4, -0.2) is 30.1 Å². The van der Waals surface area contributed by atoms with E-state index in [0.717, 1.165) is 18.4 Å². The first kappa shape index (κ1) is 14.5. The highest BCUT2D eigenvalue weighted by Crippen LogP contribution is 2.23. The van der Waals surface area contributed by atoms with Gasteiger partial charge in [-0.2, -0.15) is 0 Å². The van der Waals surface area contributed by atoms with Gasteiger partial charge in [0.2, 0.25) is 0 Å². The van der Waals surface area contributed by atoms with Crippen molar-refractivity contribution in [3.63, 3.8) is 0 Å². The number of rotatable bonds is 4. The highest BCUT2D eigenvalue weighted by molar-refractivity contribution is 5.14. The largest absolute Gasteiger partial charge is 0.311 e. The van der Waals surface area contributed by atoms with Gasteiger partial charge in [0.1, 0.15) is 0 Å². The van der Waals surface area contributed by atoms with Crippen LogP contribution in [0.25, 0.3) is 0 Å². The van der Waals surface area contributed by atoms with Crippen molar-refractivity contribution < 1.29 is 0 Å². The Hall–Kier alpha value is -0.860. The molecule has 0 aromatic heterocycles. The van der Waals surface area contributed by atoms with Gasteiger partial charge in [-0.15, -0.1) is 0 Å². The summed E-state index contributed by atoms with van der Waals surface area (Å²) in [6.07, 6.45) is 0. The van der Waals surface area contributed by atoms with Gasteiger partial charge < -0.3 is 5.32 Å². The fourth-order valence-electron chi connectivity index (χ4n) is 3.36. The van der Waals surface area contributed by atoms with Gasteiger partial charge in [0.05, 0.1) is 0 Å². The summed E-state index contributed by atoms with van der Waals surface area (Å²) >= 11 is 0. The number of benzene rings is 1. The molecule has 0 amide bonds. The van der Waals surface area contributed by atoms with Gasteiger partial charge >= 0.3 is 0 Å². The fourth-order valence-corrected chi connectivity index (χ4v) is 3.36. The van der Waals surface area contributed by atoms with E-state index in [1.165, 1.54) is 18.7 Å². The molecule has 2 heteroatoms. The monoisotopic (exact) mass is 260 g/mol. The predicted octanol–water partition coefficient (Wildman–Crippen LogP) is 3.14. The van der Waals surface area contributed by atoms with Gasteiger partial charge in [-0.3, -0.25) is 4.90 Å². The van der Waals surface area contributed by atoms with E-state index in [9.17, 15) is 0 Å². The van der Waals surface area contributed by atoms with E-state index in [1.54, 1.807) is 0 Å². The van der Waals surface area contributed by atoms with Crippen LogP contribution < -0.4 is 5.32 Å². The summed E-state index contributed by atoms with van der Waals surface area (Å²) in [7, 11) is 0. The topological polar surface area (TPSA) is 15.3 Å². The molecule has 1 aromatic rings. The minimum Gasteiger partial charge on any atom is -0.311 e.